The number of carbonyl (C=O) groups is 3. The molecule has 0 spiro atoms. The topological polar surface area (TPSA) is 118 Å². The van der Waals surface area contributed by atoms with Gasteiger partial charge in [0.1, 0.15) is 17.6 Å². The number of thioether (sulfide) groups is 1. The number of carbonyl (C=O) groups excluding carboxylic acids is 3. The summed E-state index contributed by atoms with van der Waals surface area (Å²) in [6.07, 6.45) is 2.08. The first-order valence-electron chi connectivity index (χ1n) is 11.1. The van der Waals surface area contributed by atoms with Gasteiger partial charge >= 0.3 is 5.97 Å². The summed E-state index contributed by atoms with van der Waals surface area (Å²) in [5.41, 5.74) is 2.57. The molecule has 2 aliphatic rings. The van der Waals surface area contributed by atoms with Crippen LogP contribution in [0, 0.1) is 25.2 Å². The van der Waals surface area contributed by atoms with Crippen LogP contribution in [0.2, 0.25) is 0 Å². The fourth-order valence-corrected chi connectivity index (χ4v) is 5.98. The second kappa shape index (κ2) is 8.67. The Kier molecular flexibility index (Phi) is 5.65. The van der Waals surface area contributed by atoms with Crippen molar-refractivity contribution in [2.24, 2.45) is 0 Å². The monoisotopic (exact) mass is 490 g/mol. The van der Waals surface area contributed by atoms with Crippen LogP contribution in [0.5, 0.6) is 0 Å². The van der Waals surface area contributed by atoms with Crippen LogP contribution in [0.15, 0.2) is 52.0 Å². The molecule has 3 aromatic rings. The highest BCUT2D eigenvalue weighted by molar-refractivity contribution is 8.02. The molecule has 35 heavy (non-hydrogen) atoms. The van der Waals surface area contributed by atoms with Crippen molar-refractivity contribution in [1.29, 1.82) is 5.26 Å². The Labute approximate surface area is 205 Å². The van der Waals surface area contributed by atoms with Crippen LogP contribution in [-0.2, 0) is 25.7 Å². The molecule has 1 saturated heterocycles. The van der Waals surface area contributed by atoms with Crippen molar-refractivity contribution in [3.63, 3.8) is 0 Å². The van der Waals surface area contributed by atoms with Gasteiger partial charge in [0.15, 0.2) is 11.5 Å². The molecule has 0 unspecified atom stereocenters. The lowest BCUT2D eigenvalue weighted by Gasteiger charge is -2.28. The SMILES string of the molecule is Cc1c(C#N)c(NC(=O)COC(=O)[C@@]23CCC(=O)N2c2ccccc2S3)n(Cc2ccco2)c1C. The van der Waals surface area contributed by atoms with Crippen LogP contribution in [-0.4, -0.2) is 33.8 Å². The fourth-order valence-electron chi connectivity index (χ4n) is 4.57. The van der Waals surface area contributed by atoms with E-state index in [9.17, 15) is 19.6 Å². The van der Waals surface area contributed by atoms with E-state index in [1.807, 2.05) is 32.0 Å². The number of furan rings is 1. The molecular formula is C25H22N4O5S. The smallest absolute Gasteiger partial charge is 0.344 e. The van der Waals surface area contributed by atoms with E-state index in [0.717, 1.165) is 16.2 Å². The molecule has 0 saturated carbocycles. The molecule has 10 heteroatoms. The number of para-hydroxylation sites is 1. The molecule has 2 aromatic heterocycles. The third kappa shape index (κ3) is 3.68. The molecule has 0 radical (unpaired) electrons. The van der Waals surface area contributed by atoms with Crippen molar-refractivity contribution in [2.75, 3.05) is 16.8 Å². The molecule has 178 valence electrons. The van der Waals surface area contributed by atoms with E-state index in [2.05, 4.69) is 11.4 Å². The summed E-state index contributed by atoms with van der Waals surface area (Å²) in [5.74, 6) is -0.389. The molecule has 0 bridgehead atoms. The summed E-state index contributed by atoms with van der Waals surface area (Å²) in [6.45, 7) is 3.44. The number of amides is 2. The highest BCUT2D eigenvalue weighted by Gasteiger charge is 2.58. The summed E-state index contributed by atoms with van der Waals surface area (Å²) >= 11 is 1.28. The van der Waals surface area contributed by atoms with E-state index in [4.69, 9.17) is 9.15 Å². The number of nitriles is 1. The van der Waals surface area contributed by atoms with Crippen LogP contribution in [0.4, 0.5) is 11.5 Å². The second-order valence-corrected chi connectivity index (χ2v) is 9.74. The zero-order chi connectivity index (χ0) is 24.7. The molecule has 2 amide bonds. The number of esters is 1. The van der Waals surface area contributed by atoms with Crippen molar-refractivity contribution >= 4 is 41.1 Å². The van der Waals surface area contributed by atoms with Crippen molar-refractivity contribution in [3.8, 4) is 6.07 Å². The summed E-state index contributed by atoms with van der Waals surface area (Å²) in [4.78, 5) is 39.7. The zero-order valence-electron chi connectivity index (χ0n) is 19.2. The minimum Gasteiger partial charge on any atom is -0.467 e. The van der Waals surface area contributed by atoms with Crippen molar-refractivity contribution in [2.45, 2.75) is 43.0 Å². The van der Waals surface area contributed by atoms with E-state index < -0.39 is 23.4 Å². The number of nitrogens with zero attached hydrogens (tertiary/aromatic N) is 3. The van der Waals surface area contributed by atoms with Crippen LogP contribution in [0.3, 0.4) is 0 Å². The van der Waals surface area contributed by atoms with Gasteiger partial charge in [-0.05, 0) is 43.7 Å². The Hall–Kier alpha value is -3.97. The van der Waals surface area contributed by atoms with E-state index >= 15 is 0 Å². The minimum atomic E-state index is -1.20. The molecule has 1 atom stereocenters. The van der Waals surface area contributed by atoms with Gasteiger partial charge in [-0.1, -0.05) is 23.9 Å². The Morgan fingerprint density at radius 1 is 1.26 bits per heavy atom. The average molecular weight is 491 g/mol. The Morgan fingerprint density at radius 3 is 2.80 bits per heavy atom. The van der Waals surface area contributed by atoms with Gasteiger partial charge in [-0.3, -0.25) is 14.5 Å². The second-order valence-electron chi connectivity index (χ2n) is 8.42. The molecule has 5 rings (SSSR count). The normalized spacial score (nSPS) is 18.2. The van der Waals surface area contributed by atoms with Gasteiger partial charge in [-0.2, -0.15) is 5.26 Å². The van der Waals surface area contributed by atoms with Gasteiger partial charge in [0.25, 0.3) is 5.91 Å². The van der Waals surface area contributed by atoms with Gasteiger partial charge in [-0.25, -0.2) is 4.79 Å². The highest BCUT2D eigenvalue weighted by atomic mass is 32.2. The van der Waals surface area contributed by atoms with E-state index in [0.29, 0.717) is 35.8 Å². The van der Waals surface area contributed by atoms with Crippen molar-refractivity contribution in [1.82, 2.24) is 4.57 Å². The Bertz CT molecular complexity index is 1390. The van der Waals surface area contributed by atoms with Crippen LogP contribution < -0.4 is 10.2 Å². The average Bonchev–Trinajstić information content (AvgIpc) is 3.60. The van der Waals surface area contributed by atoms with E-state index in [1.165, 1.54) is 16.7 Å². The van der Waals surface area contributed by atoms with Gasteiger partial charge < -0.3 is 19.0 Å². The summed E-state index contributed by atoms with van der Waals surface area (Å²) in [7, 11) is 0. The molecule has 0 aliphatic carbocycles. The number of rotatable bonds is 6. The third-order valence-electron chi connectivity index (χ3n) is 6.42. The maximum Gasteiger partial charge on any atom is 0.344 e. The molecule has 1 N–H and O–H groups in total. The highest BCUT2D eigenvalue weighted by Crippen LogP contribution is 2.56. The number of benzene rings is 1. The predicted molar refractivity (Wildman–Crippen MR) is 128 cm³/mol. The minimum absolute atomic E-state index is 0.149. The number of hydrogen-bond acceptors (Lipinski definition) is 7. The first kappa shape index (κ1) is 22.8. The third-order valence-corrected chi connectivity index (χ3v) is 7.88. The fraction of sp³-hybridized carbons (Fsp3) is 0.280. The largest absolute Gasteiger partial charge is 0.467 e. The predicted octanol–water partition coefficient (Wildman–Crippen LogP) is 3.73. The quantitative estimate of drug-likeness (QED) is 0.523. The van der Waals surface area contributed by atoms with Gasteiger partial charge in [0.2, 0.25) is 5.91 Å². The number of fused-ring (bicyclic) bond motifs is 3. The number of nitrogens with one attached hydrogen (secondary N) is 1. The summed E-state index contributed by atoms with van der Waals surface area (Å²) in [6, 6.07) is 13.0. The van der Waals surface area contributed by atoms with E-state index in [1.54, 1.807) is 29.0 Å². The number of ether oxygens (including phenoxy) is 1. The zero-order valence-corrected chi connectivity index (χ0v) is 20.0. The molecule has 4 heterocycles. The summed E-state index contributed by atoms with van der Waals surface area (Å²) in [5, 5.41) is 12.4. The van der Waals surface area contributed by atoms with Crippen LogP contribution >= 0.6 is 11.8 Å². The molecule has 1 aromatic carbocycles. The van der Waals surface area contributed by atoms with Gasteiger partial charge in [-0.15, -0.1) is 0 Å². The Morgan fingerprint density at radius 2 is 2.06 bits per heavy atom. The van der Waals surface area contributed by atoms with E-state index in [-0.39, 0.29) is 12.3 Å². The van der Waals surface area contributed by atoms with Gasteiger partial charge in [0, 0.05) is 23.4 Å². The first-order valence-corrected chi connectivity index (χ1v) is 11.9. The lowest BCUT2D eigenvalue weighted by molar-refractivity contribution is -0.149. The molecule has 2 aliphatic heterocycles. The molecular weight excluding hydrogens is 468 g/mol. The standard InChI is InChI=1S/C25H22N4O5S/c1-15-16(2)28(13-17-6-5-11-33-17)23(18(15)12-26)27-21(30)14-34-24(32)25-10-9-22(31)29(25)19-7-3-4-8-20(19)35-25/h3-8,11H,9-10,13-14H2,1-2H3,(H,27,30)/t25-/m0/s1. The summed E-state index contributed by atoms with van der Waals surface area (Å²) < 4.78 is 12.6. The van der Waals surface area contributed by atoms with Gasteiger partial charge in [0.05, 0.1) is 24.1 Å². The number of anilines is 2. The number of aromatic nitrogens is 1. The maximum atomic E-state index is 13.2. The van der Waals surface area contributed by atoms with Crippen LogP contribution in [0.25, 0.3) is 0 Å². The lowest BCUT2D eigenvalue weighted by atomic mass is 10.2. The molecule has 9 nitrogen and oxygen atoms in total. The van der Waals surface area contributed by atoms with Crippen LogP contribution in [0.1, 0.15) is 35.4 Å². The maximum absolute atomic E-state index is 13.2. The number of hydrogen-bond donors (Lipinski definition) is 1. The Balaban J connectivity index is 1.32. The lowest BCUT2D eigenvalue weighted by Crippen LogP contribution is -2.48. The van der Waals surface area contributed by atoms with Crippen molar-refractivity contribution in [3.05, 3.63) is 65.2 Å². The first-order chi connectivity index (χ1) is 16.9. The van der Waals surface area contributed by atoms with Crippen molar-refractivity contribution < 1.29 is 23.5 Å². The molecule has 1 fully saturated rings.